The quantitative estimate of drug-likeness (QED) is 0.425. The SMILES string of the molecule is CC12CCC(OC(=O)CBr)CC1CC[C@@H]1[C@@H]2CCC2(C)C(C3=CC(=O)CC3)CCC12O. The number of halogens is 1. The number of ketones is 1. The lowest BCUT2D eigenvalue weighted by molar-refractivity contribution is -0.209. The number of rotatable bonds is 3. The molecule has 4 nitrogen and oxygen atoms in total. The molecular formula is C26H37BrO4. The Morgan fingerprint density at radius 3 is 2.61 bits per heavy atom. The van der Waals surface area contributed by atoms with Crippen molar-refractivity contribution in [2.24, 2.45) is 34.5 Å². The first-order valence-electron chi connectivity index (χ1n) is 12.4. The van der Waals surface area contributed by atoms with Gasteiger partial charge in [0, 0.05) is 11.8 Å². The number of hydrogen-bond donors (Lipinski definition) is 1. The molecule has 5 aliphatic carbocycles. The second-order valence-electron chi connectivity index (χ2n) is 11.7. The van der Waals surface area contributed by atoms with Gasteiger partial charge in [0.25, 0.3) is 0 Å². The van der Waals surface area contributed by atoms with Crippen LogP contribution < -0.4 is 0 Å². The molecular weight excluding hydrogens is 456 g/mol. The summed E-state index contributed by atoms with van der Waals surface area (Å²) in [5.74, 6) is 1.98. The first kappa shape index (κ1) is 22.1. The third-order valence-electron chi connectivity index (χ3n) is 10.7. The van der Waals surface area contributed by atoms with Gasteiger partial charge >= 0.3 is 5.97 Å². The van der Waals surface area contributed by atoms with Crippen LogP contribution in [0.4, 0.5) is 0 Å². The average molecular weight is 493 g/mol. The summed E-state index contributed by atoms with van der Waals surface area (Å²) in [6, 6.07) is 0. The normalized spacial score (nSPS) is 49.1. The molecule has 0 heterocycles. The summed E-state index contributed by atoms with van der Waals surface area (Å²) in [4.78, 5) is 23.7. The predicted molar refractivity (Wildman–Crippen MR) is 123 cm³/mol. The molecule has 8 atom stereocenters. The van der Waals surface area contributed by atoms with Crippen LogP contribution in [0.25, 0.3) is 0 Å². The number of ether oxygens (including phenoxy) is 1. The van der Waals surface area contributed by atoms with Crippen molar-refractivity contribution in [3.05, 3.63) is 11.6 Å². The van der Waals surface area contributed by atoms with Crippen LogP contribution in [0.3, 0.4) is 0 Å². The van der Waals surface area contributed by atoms with Gasteiger partial charge in [-0.15, -0.1) is 0 Å². The zero-order valence-electron chi connectivity index (χ0n) is 19.0. The highest BCUT2D eigenvalue weighted by Gasteiger charge is 2.67. The van der Waals surface area contributed by atoms with Crippen molar-refractivity contribution < 1.29 is 19.4 Å². The molecule has 0 aromatic carbocycles. The summed E-state index contributed by atoms with van der Waals surface area (Å²) >= 11 is 3.21. The number of carbonyl (C=O) groups is 2. The molecule has 0 aromatic rings. The van der Waals surface area contributed by atoms with Crippen LogP contribution in [-0.2, 0) is 14.3 Å². The van der Waals surface area contributed by atoms with Crippen molar-refractivity contribution in [2.45, 2.75) is 96.2 Å². The molecule has 4 saturated carbocycles. The fourth-order valence-electron chi connectivity index (χ4n) is 9.00. The van der Waals surface area contributed by atoms with E-state index in [1.54, 1.807) is 0 Å². The Kier molecular flexibility index (Phi) is 5.49. The zero-order chi connectivity index (χ0) is 22.0. The highest BCUT2D eigenvalue weighted by molar-refractivity contribution is 9.09. The zero-order valence-corrected chi connectivity index (χ0v) is 20.6. The van der Waals surface area contributed by atoms with Crippen LogP contribution >= 0.6 is 15.9 Å². The molecule has 172 valence electrons. The predicted octanol–water partition coefficient (Wildman–Crippen LogP) is 5.36. The van der Waals surface area contributed by atoms with Crippen LogP contribution in [0.1, 0.15) is 84.5 Å². The van der Waals surface area contributed by atoms with Gasteiger partial charge in [0.2, 0.25) is 0 Å². The van der Waals surface area contributed by atoms with E-state index in [4.69, 9.17) is 4.74 Å². The lowest BCUT2D eigenvalue weighted by Gasteiger charge is -2.63. The van der Waals surface area contributed by atoms with Gasteiger partial charge in [-0.05, 0) is 99.4 Å². The second-order valence-corrected chi connectivity index (χ2v) is 12.2. The topological polar surface area (TPSA) is 63.6 Å². The smallest absolute Gasteiger partial charge is 0.316 e. The minimum Gasteiger partial charge on any atom is -0.462 e. The van der Waals surface area contributed by atoms with Gasteiger partial charge in [-0.1, -0.05) is 35.4 Å². The Balaban J connectivity index is 1.37. The van der Waals surface area contributed by atoms with E-state index in [1.807, 2.05) is 6.08 Å². The molecule has 0 saturated heterocycles. The number of esters is 1. The summed E-state index contributed by atoms with van der Waals surface area (Å²) in [5, 5.41) is 12.6. The molecule has 0 bridgehead atoms. The standard InChI is InChI=1S/C26H37BrO4/c1-24-10-7-19(31-23(29)15-27)14-17(24)4-6-22-21(24)8-11-25(2)20(9-12-26(22,25)30)16-3-5-18(28)13-16/h13,17,19-22,30H,3-12,14-15H2,1-2H3/t17?,19?,20?,21-,22+,24?,25?,26?/m0/s1. The number of hydrogen-bond acceptors (Lipinski definition) is 4. The Labute approximate surface area is 194 Å². The fourth-order valence-corrected chi connectivity index (χ4v) is 9.13. The van der Waals surface area contributed by atoms with Gasteiger partial charge in [0.15, 0.2) is 5.78 Å². The van der Waals surface area contributed by atoms with Crippen LogP contribution in [0, 0.1) is 34.5 Å². The molecule has 31 heavy (non-hydrogen) atoms. The summed E-state index contributed by atoms with van der Waals surface area (Å²) in [5.41, 5.74) is 0.838. The maximum absolute atomic E-state index is 12.3. The Bertz CT molecular complexity index is 807. The van der Waals surface area contributed by atoms with E-state index in [0.717, 1.165) is 57.8 Å². The number of carbonyl (C=O) groups excluding carboxylic acids is 2. The van der Waals surface area contributed by atoms with E-state index < -0.39 is 5.60 Å². The Hall–Kier alpha value is -0.680. The van der Waals surface area contributed by atoms with Gasteiger partial charge in [-0.2, -0.15) is 0 Å². The van der Waals surface area contributed by atoms with Crippen molar-refractivity contribution in [3.8, 4) is 0 Å². The molecule has 5 rings (SSSR count). The first-order chi connectivity index (χ1) is 14.7. The minimum atomic E-state index is -0.611. The molecule has 6 unspecified atom stereocenters. The third-order valence-corrected chi connectivity index (χ3v) is 11.1. The molecule has 5 aliphatic rings. The lowest BCUT2D eigenvalue weighted by atomic mass is 9.43. The van der Waals surface area contributed by atoms with Crippen molar-refractivity contribution in [1.82, 2.24) is 0 Å². The highest BCUT2D eigenvalue weighted by atomic mass is 79.9. The van der Waals surface area contributed by atoms with Gasteiger partial charge in [-0.3, -0.25) is 9.59 Å². The molecule has 0 aliphatic heterocycles. The van der Waals surface area contributed by atoms with Crippen molar-refractivity contribution in [1.29, 1.82) is 0 Å². The lowest BCUT2D eigenvalue weighted by Crippen LogP contribution is -2.62. The van der Waals surface area contributed by atoms with Crippen LogP contribution in [0.2, 0.25) is 0 Å². The van der Waals surface area contributed by atoms with E-state index in [0.29, 0.717) is 30.1 Å². The minimum absolute atomic E-state index is 0.0549. The van der Waals surface area contributed by atoms with E-state index in [2.05, 4.69) is 29.8 Å². The van der Waals surface area contributed by atoms with Gasteiger partial charge in [-0.25, -0.2) is 0 Å². The number of aliphatic hydroxyl groups is 1. The van der Waals surface area contributed by atoms with Crippen LogP contribution in [0.15, 0.2) is 11.6 Å². The summed E-state index contributed by atoms with van der Waals surface area (Å²) in [7, 11) is 0. The fraction of sp³-hybridized carbons (Fsp3) is 0.846. The number of alkyl halides is 1. The van der Waals surface area contributed by atoms with Crippen molar-refractivity contribution >= 4 is 27.7 Å². The molecule has 1 N–H and O–H groups in total. The maximum Gasteiger partial charge on any atom is 0.316 e. The molecule has 0 spiro atoms. The number of fused-ring (bicyclic) bond motifs is 5. The molecule has 4 fully saturated rings. The summed E-state index contributed by atoms with van der Waals surface area (Å²) < 4.78 is 5.69. The van der Waals surface area contributed by atoms with Crippen LogP contribution in [0.5, 0.6) is 0 Å². The van der Waals surface area contributed by atoms with E-state index >= 15 is 0 Å². The van der Waals surface area contributed by atoms with E-state index in [1.165, 1.54) is 12.0 Å². The van der Waals surface area contributed by atoms with E-state index in [-0.39, 0.29) is 34.0 Å². The van der Waals surface area contributed by atoms with Crippen molar-refractivity contribution in [2.75, 3.05) is 5.33 Å². The van der Waals surface area contributed by atoms with Gasteiger partial charge in [0.05, 0.1) is 5.60 Å². The molecule has 0 aromatic heterocycles. The highest BCUT2D eigenvalue weighted by Crippen LogP contribution is 2.70. The summed E-state index contributed by atoms with van der Waals surface area (Å²) in [6.07, 6.45) is 12.9. The largest absolute Gasteiger partial charge is 0.462 e. The molecule has 0 amide bonds. The van der Waals surface area contributed by atoms with Gasteiger partial charge < -0.3 is 9.84 Å². The number of allylic oxidation sites excluding steroid dienone is 2. The monoisotopic (exact) mass is 492 g/mol. The molecule has 0 radical (unpaired) electrons. The molecule has 5 heteroatoms. The first-order valence-corrected chi connectivity index (χ1v) is 13.5. The van der Waals surface area contributed by atoms with Crippen LogP contribution in [-0.4, -0.2) is 33.9 Å². The average Bonchev–Trinajstić information content (AvgIpc) is 3.28. The summed E-state index contributed by atoms with van der Waals surface area (Å²) in [6.45, 7) is 4.79. The third kappa shape index (κ3) is 3.23. The Morgan fingerprint density at radius 1 is 1.10 bits per heavy atom. The van der Waals surface area contributed by atoms with Gasteiger partial charge in [0.1, 0.15) is 11.4 Å². The van der Waals surface area contributed by atoms with E-state index in [9.17, 15) is 14.7 Å². The van der Waals surface area contributed by atoms with Crippen molar-refractivity contribution in [3.63, 3.8) is 0 Å². The maximum atomic E-state index is 12.3. The second kappa shape index (κ2) is 7.68. The Morgan fingerprint density at radius 2 is 1.90 bits per heavy atom.